The number of ether oxygens (including phenoxy) is 1. The molecule has 0 fully saturated rings. The summed E-state index contributed by atoms with van der Waals surface area (Å²) in [6, 6.07) is 13.4. The van der Waals surface area contributed by atoms with E-state index in [4.69, 9.17) is 4.74 Å². The monoisotopic (exact) mass is 468 g/mol. The molecule has 0 spiro atoms. The topological polar surface area (TPSA) is 92.8 Å². The van der Waals surface area contributed by atoms with Gasteiger partial charge < -0.3 is 10.1 Å². The molecule has 150 valence electrons. The molecule has 0 bridgehead atoms. The van der Waals surface area contributed by atoms with Crippen LogP contribution in [0.15, 0.2) is 53.0 Å². The summed E-state index contributed by atoms with van der Waals surface area (Å²) in [7, 11) is -2.04. The molecule has 0 aliphatic carbocycles. The van der Waals surface area contributed by atoms with Gasteiger partial charge in [0.1, 0.15) is 5.75 Å². The second kappa shape index (κ2) is 9.70. The molecule has 0 unspecified atom stereocenters. The van der Waals surface area contributed by atoms with E-state index in [0.717, 1.165) is 4.47 Å². The molecular formula is C19H21BrN2O5S. The van der Waals surface area contributed by atoms with Crippen LogP contribution in [0.3, 0.4) is 0 Å². The molecule has 0 saturated heterocycles. The number of benzene rings is 2. The van der Waals surface area contributed by atoms with Gasteiger partial charge in [-0.25, -0.2) is 13.2 Å². The number of amides is 2. The number of carbonyl (C=O) groups is 2. The molecule has 2 rings (SSSR count). The van der Waals surface area contributed by atoms with Crippen LogP contribution in [-0.4, -0.2) is 39.8 Å². The van der Waals surface area contributed by atoms with Crippen molar-refractivity contribution < 1.29 is 22.7 Å². The summed E-state index contributed by atoms with van der Waals surface area (Å²) in [4.78, 5) is 25.1. The molecule has 0 heterocycles. The van der Waals surface area contributed by atoms with Gasteiger partial charge in [0.2, 0.25) is 5.91 Å². The third-order valence-corrected chi connectivity index (χ3v) is 5.68. The van der Waals surface area contributed by atoms with Crippen molar-refractivity contribution >= 4 is 49.1 Å². The van der Waals surface area contributed by atoms with Gasteiger partial charge in [-0.1, -0.05) is 28.1 Å². The van der Waals surface area contributed by atoms with Crippen LogP contribution in [0.25, 0.3) is 0 Å². The molecule has 28 heavy (non-hydrogen) atoms. The van der Waals surface area contributed by atoms with Crippen LogP contribution in [-0.2, 0) is 25.1 Å². The maximum atomic E-state index is 12.3. The summed E-state index contributed by atoms with van der Waals surface area (Å²) in [5.74, 6) is -1.46. The van der Waals surface area contributed by atoms with E-state index in [9.17, 15) is 18.0 Å². The van der Waals surface area contributed by atoms with Crippen LogP contribution in [0.1, 0.15) is 12.5 Å². The fourth-order valence-electron chi connectivity index (χ4n) is 2.42. The lowest BCUT2D eigenvalue weighted by molar-refractivity contribution is -0.113. The SMILES string of the molecule is CCOC(=O)N(C)c1ccc(NC(=O)CS(=O)(=O)Cc2cccc(Br)c2)cc1. The summed E-state index contributed by atoms with van der Waals surface area (Å²) in [5.41, 5.74) is 1.62. The van der Waals surface area contributed by atoms with E-state index in [0.29, 0.717) is 16.9 Å². The Kier molecular flexibility index (Phi) is 7.59. The van der Waals surface area contributed by atoms with Crippen molar-refractivity contribution in [1.82, 2.24) is 0 Å². The molecule has 2 aromatic carbocycles. The summed E-state index contributed by atoms with van der Waals surface area (Å²) >= 11 is 3.29. The van der Waals surface area contributed by atoms with Gasteiger partial charge in [0.25, 0.3) is 0 Å². The van der Waals surface area contributed by atoms with Gasteiger partial charge in [-0.3, -0.25) is 9.69 Å². The first-order valence-electron chi connectivity index (χ1n) is 8.45. The van der Waals surface area contributed by atoms with E-state index >= 15 is 0 Å². The zero-order chi connectivity index (χ0) is 20.7. The second-order valence-corrected chi connectivity index (χ2v) is 9.00. The molecule has 0 aliphatic rings. The van der Waals surface area contributed by atoms with Crippen molar-refractivity contribution in [2.45, 2.75) is 12.7 Å². The van der Waals surface area contributed by atoms with Crippen LogP contribution in [0, 0.1) is 0 Å². The highest BCUT2D eigenvalue weighted by atomic mass is 79.9. The maximum Gasteiger partial charge on any atom is 0.413 e. The molecular weight excluding hydrogens is 448 g/mol. The molecule has 0 atom stereocenters. The highest BCUT2D eigenvalue weighted by molar-refractivity contribution is 9.10. The highest BCUT2D eigenvalue weighted by Crippen LogP contribution is 2.18. The Hall–Kier alpha value is -2.39. The molecule has 0 aromatic heterocycles. The van der Waals surface area contributed by atoms with E-state index in [1.165, 1.54) is 4.90 Å². The minimum absolute atomic E-state index is 0.219. The predicted octanol–water partition coefficient (Wildman–Crippen LogP) is 3.60. The second-order valence-electron chi connectivity index (χ2n) is 6.02. The lowest BCUT2D eigenvalue weighted by atomic mass is 10.2. The van der Waals surface area contributed by atoms with Gasteiger partial charge in [-0.2, -0.15) is 0 Å². The first-order chi connectivity index (χ1) is 13.2. The summed E-state index contributed by atoms with van der Waals surface area (Å²) < 4.78 is 30.2. The molecule has 0 aliphatic heterocycles. The average molecular weight is 469 g/mol. The number of hydrogen-bond donors (Lipinski definition) is 1. The maximum absolute atomic E-state index is 12.3. The summed E-state index contributed by atoms with van der Waals surface area (Å²) in [5, 5.41) is 2.55. The number of hydrogen-bond acceptors (Lipinski definition) is 5. The minimum Gasteiger partial charge on any atom is -0.449 e. The first-order valence-corrected chi connectivity index (χ1v) is 11.1. The van der Waals surface area contributed by atoms with Gasteiger partial charge in [0.05, 0.1) is 12.4 Å². The molecule has 9 heteroatoms. The summed E-state index contributed by atoms with van der Waals surface area (Å²) in [6.07, 6.45) is -0.488. The minimum atomic E-state index is -3.61. The van der Waals surface area contributed by atoms with Gasteiger partial charge in [-0.15, -0.1) is 0 Å². The molecule has 2 amide bonds. The van der Waals surface area contributed by atoms with Gasteiger partial charge in [0.15, 0.2) is 9.84 Å². The molecule has 1 N–H and O–H groups in total. The quantitative estimate of drug-likeness (QED) is 0.669. The average Bonchev–Trinajstić information content (AvgIpc) is 2.61. The smallest absolute Gasteiger partial charge is 0.413 e. The third-order valence-electron chi connectivity index (χ3n) is 3.71. The molecule has 7 nitrogen and oxygen atoms in total. The van der Waals surface area contributed by atoms with Crippen molar-refractivity contribution in [3.05, 3.63) is 58.6 Å². The largest absolute Gasteiger partial charge is 0.449 e. The van der Waals surface area contributed by atoms with E-state index in [1.54, 1.807) is 62.5 Å². The number of anilines is 2. The number of rotatable bonds is 7. The van der Waals surface area contributed by atoms with Gasteiger partial charge in [0, 0.05) is 22.9 Å². The van der Waals surface area contributed by atoms with Crippen LogP contribution < -0.4 is 10.2 Å². The molecule has 0 saturated carbocycles. The molecule has 0 radical (unpaired) electrons. The third kappa shape index (κ3) is 6.65. The summed E-state index contributed by atoms with van der Waals surface area (Å²) in [6.45, 7) is 1.99. The van der Waals surface area contributed by atoms with Crippen LogP contribution >= 0.6 is 15.9 Å². The fourth-order valence-corrected chi connectivity index (χ4v) is 4.13. The standard InChI is InChI=1S/C19H21BrN2O5S/c1-3-27-19(24)22(2)17-9-7-16(8-10-17)21-18(23)13-28(25,26)12-14-5-4-6-15(20)11-14/h4-11H,3,12-13H2,1-2H3,(H,21,23). The van der Waals surface area contributed by atoms with E-state index in [1.807, 2.05) is 0 Å². The normalized spacial score (nSPS) is 11.0. The van der Waals surface area contributed by atoms with E-state index in [2.05, 4.69) is 21.2 Å². The van der Waals surface area contributed by atoms with Crippen LogP contribution in [0.2, 0.25) is 0 Å². The van der Waals surface area contributed by atoms with Crippen LogP contribution in [0.5, 0.6) is 0 Å². The zero-order valence-corrected chi connectivity index (χ0v) is 17.9. The lowest BCUT2D eigenvalue weighted by Gasteiger charge is -2.17. The van der Waals surface area contributed by atoms with Crippen molar-refractivity contribution in [2.24, 2.45) is 0 Å². The first kappa shape index (κ1) is 21.9. The predicted molar refractivity (Wildman–Crippen MR) is 112 cm³/mol. The van der Waals surface area contributed by atoms with E-state index < -0.39 is 27.6 Å². The Morgan fingerprint density at radius 1 is 1.14 bits per heavy atom. The highest BCUT2D eigenvalue weighted by Gasteiger charge is 2.18. The van der Waals surface area contributed by atoms with Crippen molar-refractivity contribution in [2.75, 3.05) is 29.6 Å². The van der Waals surface area contributed by atoms with Crippen molar-refractivity contribution in [1.29, 1.82) is 0 Å². The Bertz CT molecular complexity index is 945. The number of halogens is 1. The molecule has 2 aromatic rings. The van der Waals surface area contributed by atoms with Crippen molar-refractivity contribution in [3.63, 3.8) is 0 Å². The number of nitrogens with zero attached hydrogens (tertiary/aromatic N) is 1. The van der Waals surface area contributed by atoms with E-state index in [-0.39, 0.29) is 12.4 Å². The number of sulfone groups is 1. The Labute approximate surface area is 172 Å². The Balaban J connectivity index is 1.96. The van der Waals surface area contributed by atoms with Crippen molar-refractivity contribution in [3.8, 4) is 0 Å². The lowest BCUT2D eigenvalue weighted by Crippen LogP contribution is -2.27. The van der Waals surface area contributed by atoms with Gasteiger partial charge >= 0.3 is 6.09 Å². The Morgan fingerprint density at radius 3 is 2.43 bits per heavy atom. The fraction of sp³-hybridized carbons (Fsp3) is 0.263. The number of carbonyl (C=O) groups excluding carboxylic acids is 2. The zero-order valence-electron chi connectivity index (χ0n) is 15.5. The number of nitrogens with one attached hydrogen (secondary N) is 1. The van der Waals surface area contributed by atoms with Crippen LogP contribution in [0.4, 0.5) is 16.2 Å². The van der Waals surface area contributed by atoms with Gasteiger partial charge in [-0.05, 0) is 48.9 Å². The Morgan fingerprint density at radius 2 is 1.82 bits per heavy atom.